The van der Waals surface area contributed by atoms with Crippen LogP contribution in [0.1, 0.15) is 12.8 Å². The molecule has 0 unspecified atom stereocenters. The third-order valence-electron chi connectivity index (χ3n) is 3.26. The van der Waals surface area contributed by atoms with Gasteiger partial charge in [-0.1, -0.05) is 12.1 Å². The highest BCUT2D eigenvalue weighted by Crippen LogP contribution is 2.24. The van der Waals surface area contributed by atoms with Crippen LogP contribution in [-0.4, -0.2) is 24.2 Å². The summed E-state index contributed by atoms with van der Waals surface area (Å²) in [7, 11) is 0. The Hall–Kier alpha value is -1.61. The summed E-state index contributed by atoms with van der Waals surface area (Å²) in [5, 5.41) is 6.03. The number of rotatable bonds is 2. The van der Waals surface area contributed by atoms with Gasteiger partial charge in [0, 0.05) is 42.7 Å². The van der Waals surface area contributed by atoms with Crippen LogP contribution in [0.25, 0.3) is 10.8 Å². The summed E-state index contributed by atoms with van der Waals surface area (Å²) in [6.45, 7) is 1.72. The van der Waals surface area contributed by atoms with Crippen molar-refractivity contribution in [3.63, 3.8) is 0 Å². The topological polar surface area (TPSA) is 34.1 Å². The van der Waals surface area contributed by atoms with Gasteiger partial charge in [-0.15, -0.1) is 0 Å². The van der Waals surface area contributed by atoms with Crippen LogP contribution in [0.3, 0.4) is 0 Å². The first kappa shape index (κ1) is 10.5. The van der Waals surface area contributed by atoms with Crippen molar-refractivity contribution in [2.24, 2.45) is 0 Å². The fourth-order valence-electron chi connectivity index (χ4n) is 2.30. The van der Waals surface area contributed by atoms with Gasteiger partial charge < -0.3 is 10.1 Å². The predicted molar refractivity (Wildman–Crippen MR) is 69.2 cm³/mol. The second-order valence-electron chi connectivity index (χ2n) is 4.43. The fourth-order valence-corrected chi connectivity index (χ4v) is 2.30. The molecule has 1 aliphatic heterocycles. The van der Waals surface area contributed by atoms with E-state index < -0.39 is 0 Å². The second-order valence-corrected chi connectivity index (χ2v) is 4.43. The number of nitrogens with one attached hydrogen (secondary N) is 1. The molecule has 1 N–H and O–H groups in total. The minimum absolute atomic E-state index is 0.523. The van der Waals surface area contributed by atoms with Gasteiger partial charge in [0.1, 0.15) is 0 Å². The molecule has 2 heterocycles. The first-order valence-corrected chi connectivity index (χ1v) is 6.10. The van der Waals surface area contributed by atoms with Gasteiger partial charge in [0.15, 0.2) is 0 Å². The molecular formula is C14H16N2O. The molecule has 0 radical (unpaired) electrons. The SMILES string of the molecule is c1cc(NC2CCOCC2)c2cnccc2c1. The molecule has 3 heteroatoms. The number of pyridine rings is 1. The fraction of sp³-hybridized carbons (Fsp3) is 0.357. The van der Waals surface area contributed by atoms with E-state index >= 15 is 0 Å². The Bertz CT molecular complexity index is 501. The predicted octanol–water partition coefficient (Wildman–Crippen LogP) is 2.83. The summed E-state index contributed by atoms with van der Waals surface area (Å²) < 4.78 is 5.37. The highest BCUT2D eigenvalue weighted by molar-refractivity contribution is 5.93. The largest absolute Gasteiger partial charge is 0.382 e. The molecule has 0 atom stereocenters. The lowest BCUT2D eigenvalue weighted by molar-refractivity contribution is 0.0905. The molecule has 0 saturated carbocycles. The van der Waals surface area contributed by atoms with Crippen molar-refractivity contribution < 1.29 is 4.74 Å². The monoisotopic (exact) mass is 228 g/mol. The average Bonchev–Trinajstić information content (AvgIpc) is 2.40. The van der Waals surface area contributed by atoms with E-state index in [-0.39, 0.29) is 0 Å². The lowest BCUT2D eigenvalue weighted by Gasteiger charge is -2.24. The number of nitrogens with zero attached hydrogens (tertiary/aromatic N) is 1. The molecular weight excluding hydrogens is 212 g/mol. The molecule has 3 nitrogen and oxygen atoms in total. The molecule has 2 aromatic rings. The molecule has 3 rings (SSSR count). The zero-order chi connectivity index (χ0) is 11.5. The summed E-state index contributed by atoms with van der Waals surface area (Å²) in [4.78, 5) is 4.20. The molecule has 17 heavy (non-hydrogen) atoms. The highest BCUT2D eigenvalue weighted by Gasteiger charge is 2.14. The highest BCUT2D eigenvalue weighted by atomic mass is 16.5. The van der Waals surface area contributed by atoms with Crippen molar-refractivity contribution in [3.05, 3.63) is 36.7 Å². The second kappa shape index (κ2) is 4.72. The smallest absolute Gasteiger partial charge is 0.0485 e. The van der Waals surface area contributed by atoms with Gasteiger partial charge >= 0.3 is 0 Å². The first-order chi connectivity index (χ1) is 8.43. The third kappa shape index (κ3) is 2.24. The maximum absolute atomic E-state index is 5.37. The van der Waals surface area contributed by atoms with Crippen LogP contribution < -0.4 is 5.32 Å². The van der Waals surface area contributed by atoms with E-state index in [9.17, 15) is 0 Å². The summed E-state index contributed by atoms with van der Waals surface area (Å²) in [5.41, 5.74) is 1.18. The molecule has 1 aromatic heterocycles. The average molecular weight is 228 g/mol. The van der Waals surface area contributed by atoms with Gasteiger partial charge in [0.2, 0.25) is 0 Å². The zero-order valence-electron chi connectivity index (χ0n) is 9.73. The van der Waals surface area contributed by atoms with Crippen LogP contribution in [-0.2, 0) is 4.74 Å². The van der Waals surface area contributed by atoms with Crippen LogP contribution in [0.15, 0.2) is 36.7 Å². The minimum Gasteiger partial charge on any atom is -0.382 e. The maximum atomic E-state index is 5.37. The van der Waals surface area contributed by atoms with E-state index in [1.807, 2.05) is 18.5 Å². The van der Waals surface area contributed by atoms with E-state index in [1.54, 1.807) is 0 Å². The van der Waals surface area contributed by atoms with Crippen molar-refractivity contribution in [1.82, 2.24) is 4.98 Å². The third-order valence-corrected chi connectivity index (χ3v) is 3.26. The normalized spacial score (nSPS) is 17.2. The quantitative estimate of drug-likeness (QED) is 0.858. The Kier molecular flexibility index (Phi) is 2.92. The lowest BCUT2D eigenvalue weighted by Crippen LogP contribution is -2.27. The number of ether oxygens (including phenoxy) is 1. The Morgan fingerprint density at radius 1 is 1.18 bits per heavy atom. The maximum Gasteiger partial charge on any atom is 0.0485 e. The van der Waals surface area contributed by atoms with Crippen molar-refractivity contribution in [3.8, 4) is 0 Å². The van der Waals surface area contributed by atoms with Gasteiger partial charge in [0.25, 0.3) is 0 Å². The molecule has 1 saturated heterocycles. The number of hydrogen-bond acceptors (Lipinski definition) is 3. The Balaban J connectivity index is 1.89. The van der Waals surface area contributed by atoms with Gasteiger partial charge in [-0.25, -0.2) is 0 Å². The molecule has 88 valence electrons. The summed E-state index contributed by atoms with van der Waals surface area (Å²) in [6.07, 6.45) is 5.92. The molecule has 1 aliphatic rings. The van der Waals surface area contributed by atoms with Gasteiger partial charge in [0.05, 0.1) is 0 Å². The van der Waals surface area contributed by atoms with Crippen molar-refractivity contribution in [2.75, 3.05) is 18.5 Å². The number of benzene rings is 1. The van der Waals surface area contributed by atoms with Gasteiger partial charge in [-0.2, -0.15) is 0 Å². The summed E-state index contributed by atoms with van der Waals surface area (Å²) >= 11 is 0. The number of fused-ring (bicyclic) bond motifs is 1. The standard InChI is InChI=1S/C14H16N2O/c1-2-11-4-7-15-10-13(11)14(3-1)16-12-5-8-17-9-6-12/h1-4,7,10,12,16H,5-6,8-9H2. The van der Waals surface area contributed by atoms with E-state index in [0.29, 0.717) is 6.04 Å². The molecule has 1 fully saturated rings. The van der Waals surface area contributed by atoms with Crippen LogP contribution in [0.2, 0.25) is 0 Å². The molecule has 0 bridgehead atoms. The van der Waals surface area contributed by atoms with Gasteiger partial charge in [-0.3, -0.25) is 4.98 Å². The van der Waals surface area contributed by atoms with E-state index in [4.69, 9.17) is 4.74 Å². The summed E-state index contributed by atoms with van der Waals surface area (Å²) in [5.74, 6) is 0. The van der Waals surface area contributed by atoms with Crippen LogP contribution in [0.5, 0.6) is 0 Å². The number of hydrogen-bond donors (Lipinski definition) is 1. The summed E-state index contributed by atoms with van der Waals surface area (Å²) in [6, 6.07) is 8.90. The molecule has 0 amide bonds. The number of anilines is 1. The first-order valence-electron chi connectivity index (χ1n) is 6.10. The van der Waals surface area contributed by atoms with Gasteiger partial charge in [-0.05, 0) is 30.4 Å². The Morgan fingerprint density at radius 3 is 2.94 bits per heavy atom. The minimum atomic E-state index is 0.523. The molecule has 1 aromatic carbocycles. The Morgan fingerprint density at radius 2 is 2.06 bits per heavy atom. The van der Waals surface area contributed by atoms with E-state index in [0.717, 1.165) is 26.1 Å². The van der Waals surface area contributed by atoms with Crippen molar-refractivity contribution >= 4 is 16.5 Å². The molecule has 0 aliphatic carbocycles. The van der Waals surface area contributed by atoms with Crippen LogP contribution >= 0.6 is 0 Å². The van der Waals surface area contributed by atoms with Crippen molar-refractivity contribution in [2.45, 2.75) is 18.9 Å². The zero-order valence-corrected chi connectivity index (χ0v) is 9.73. The van der Waals surface area contributed by atoms with E-state index in [2.05, 4.69) is 28.5 Å². The van der Waals surface area contributed by atoms with Crippen molar-refractivity contribution in [1.29, 1.82) is 0 Å². The molecule has 0 spiro atoms. The van der Waals surface area contributed by atoms with Crippen LogP contribution in [0, 0.1) is 0 Å². The lowest BCUT2D eigenvalue weighted by atomic mass is 10.1. The van der Waals surface area contributed by atoms with Crippen LogP contribution in [0.4, 0.5) is 5.69 Å². The Labute approximate surface area is 101 Å². The number of aromatic nitrogens is 1. The van der Waals surface area contributed by atoms with E-state index in [1.165, 1.54) is 16.5 Å².